The maximum atomic E-state index is 11.6. The molecule has 4 heteroatoms. The van der Waals surface area contributed by atoms with Crippen molar-refractivity contribution in [3.8, 4) is 5.75 Å². The van der Waals surface area contributed by atoms with Crippen LogP contribution in [0.15, 0.2) is 9.59 Å². The molecule has 0 spiro atoms. The average molecular weight is 317 g/mol. The van der Waals surface area contributed by atoms with E-state index < -0.39 is 23.8 Å². The second-order valence-electron chi connectivity index (χ2n) is 3.91. The predicted octanol–water partition coefficient (Wildman–Crippen LogP) is 1.01. The Labute approximate surface area is 94.0 Å². The Hall–Kier alpha value is -0.321. The molecule has 1 aromatic rings. The summed E-state index contributed by atoms with van der Waals surface area (Å²) in [5, 5.41) is 0. The van der Waals surface area contributed by atoms with Crippen LogP contribution in [0.5, 0.6) is 5.75 Å². The summed E-state index contributed by atoms with van der Waals surface area (Å²) in [6.07, 6.45) is 0. The van der Waals surface area contributed by atoms with Gasteiger partial charge in [0.15, 0.2) is 0 Å². The molecule has 15 heavy (non-hydrogen) atoms. The molecule has 0 aliphatic carbocycles. The first-order valence-electron chi connectivity index (χ1n) is 5.45. The third-order valence-electron chi connectivity index (χ3n) is 3.63. The van der Waals surface area contributed by atoms with Crippen LogP contribution in [0.4, 0.5) is 0 Å². The Balaban J connectivity index is 3.31. The predicted molar refractivity (Wildman–Crippen MR) is 64.7 cm³/mol. The van der Waals surface area contributed by atoms with E-state index in [1.54, 1.807) is 0 Å². The zero-order valence-electron chi connectivity index (χ0n) is 9.85. The molecule has 0 saturated heterocycles. The van der Waals surface area contributed by atoms with Crippen molar-refractivity contribution in [2.45, 2.75) is 34.1 Å². The van der Waals surface area contributed by atoms with Crippen LogP contribution in [0.3, 0.4) is 0 Å². The van der Waals surface area contributed by atoms with Gasteiger partial charge in [-0.2, -0.15) is 0 Å². The first-order chi connectivity index (χ1) is 7.07. The van der Waals surface area contributed by atoms with E-state index in [-0.39, 0.29) is 5.43 Å². The van der Waals surface area contributed by atoms with Gasteiger partial charge in [0.2, 0.25) is 0 Å². The van der Waals surface area contributed by atoms with Gasteiger partial charge in [0.1, 0.15) is 0 Å². The van der Waals surface area contributed by atoms with Crippen molar-refractivity contribution in [2.24, 2.45) is 0 Å². The van der Waals surface area contributed by atoms with Crippen molar-refractivity contribution >= 4 is 22.0 Å². The molecule has 1 rings (SSSR count). The molecule has 0 amide bonds. The summed E-state index contributed by atoms with van der Waals surface area (Å²) in [5.74, 6) is 0.376. The van der Waals surface area contributed by atoms with Crippen LogP contribution in [-0.2, 0) is 0 Å². The van der Waals surface area contributed by atoms with Gasteiger partial charge in [0.25, 0.3) is 0 Å². The van der Waals surface area contributed by atoms with Crippen molar-refractivity contribution in [1.29, 1.82) is 0 Å². The van der Waals surface area contributed by atoms with Crippen molar-refractivity contribution < 1.29 is 4.74 Å². The fourth-order valence-corrected chi connectivity index (χ4v) is 13.3. The molecule has 0 unspecified atom stereocenters. The van der Waals surface area contributed by atoms with Gasteiger partial charge in [-0.15, -0.1) is 0 Å². The third kappa shape index (κ3) is 1.75. The second-order valence-corrected chi connectivity index (χ2v) is 18.7. The summed E-state index contributed by atoms with van der Waals surface area (Å²) in [6, 6.07) is 0. The van der Waals surface area contributed by atoms with Gasteiger partial charge in [0, 0.05) is 0 Å². The molecule has 0 heterocycles. The van der Waals surface area contributed by atoms with Crippen molar-refractivity contribution in [2.75, 3.05) is 7.11 Å². The Kier molecular flexibility index (Phi) is 3.98. The molecule has 0 aliphatic rings. The van der Waals surface area contributed by atoms with E-state index in [1.165, 1.54) is 7.11 Å². The standard InChI is InChI=1S/C5H3O3.3C2H5.Sn/c1-8-4-2-3(6)5(4)7;3*1-2;/h1H3;3*1H2,2H3;. The first kappa shape index (κ1) is 12.7. The van der Waals surface area contributed by atoms with E-state index in [9.17, 15) is 9.59 Å². The van der Waals surface area contributed by atoms with Crippen LogP contribution < -0.4 is 19.2 Å². The molecule has 0 aromatic heterocycles. The number of hydrogen-bond donors (Lipinski definition) is 0. The van der Waals surface area contributed by atoms with E-state index in [0.29, 0.717) is 5.75 Å². The maximum absolute atomic E-state index is 11.6. The van der Waals surface area contributed by atoms with E-state index in [1.807, 2.05) is 0 Å². The van der Waals surface area contributed by atoms with Gasteiger partial charge in [-0.25, -0.2) is 0 Å². The minimum absolute atomic E-state index is 0.256. The van der Waals surface area contributed by atoms with Gasteiger partial charge in [-0.3, -0.25) is 0 Å². The SMILES string of the molecule is C[CH2][Sn]([CH2]C)([CH2]C)[c]1c(OC)c(=O)c1=O. The molecule has 3 nitrogen and oxygen atoms in total. The molecule has 84 valence electrons. The fourth-order valence-electron chi connectivity index (χ4n) is 2.33. The Morgan fingerprint density at radius 3 is 1.80 bits per heavy atom. The van der Waals surface area contributed by atoms with Gasteiger partial charge >= 0.3 is 94.1 Å². The Morgan fingerprint density at radius 2 is 1.47 bits per heavy atom. The molecular formula is C11H18O3Sn. The number of rotatable bonds is 5. The normalized spacial score (nSPS) is 12.0. The molecule has 0 saturated carbocycles. The quantitative estimate of drug-likeness (QED) is 0.601. The summed E-state index contributed by atoms with van der Waals surface area (Å²) in [7, 11) is 1.48. The summed E-state index contributed by atoms with van der Waals surface area (Å²) in [5.41, 5.74) is -0.669. The van der Waals surface area contributed by atoms with Gasteiger partial charge in [-0.05, 0) is 0 Å². The molecule has 0 bridgehead atoms. The molecule has 1 aromatic carbocycles. The molecule has 0 atom stereocenters. The van der Waals surface area contributed by atoms with Crippen LogP contribution in [0.1, 0.15) is 20.8 Å². The van der Waals surface area contributed by atoms with Crippen LogP contribution in [-0.4, -0.2) is 25.5 Å². The van der Waals surface area contributed by atoms with E-state index in [0.717, 1.165) is 16.9 Å². The zero-order chi connectivity index (χ0) is 11.6. The summed E-state index contributed by atoms with van der Waals surface area (Å²) >= 11 is -2.54. The van der Waals surface area contributed by atoms with Crippen molar-refractivity contribution in [1.82, 2.24) is 0 Å². The monoisotopic (exact) mass is 318 g/mol. The molecule has 0 fully saturated rings. The number of methoxy groups -OCH3 is 1. The summed E-state index contributed by atoms with van der Waals surface area (Å²) in [4.78, 5) is 22.9. The zero-order valence-corrected chi connectivity index (χ0v) is 12.7. The van der Waals surface area contributed by atoms with Crippen LogP contribution in [0, 0.1) is 0 Å². The third-order valence-corrected chi connectivity index (χ3v) is 19.5. The topological polar surface area (TPSA) is 43.4 Å². The van der Waals surface area contributed by atoms with Crippen LogP contribution >= 0.6 is 0 Å². The average Bonchev–Trinajstić information content (AvgIpc) is 2.29. The van der Waals surface area contributed by atoms with Gasteiger partial charge < -0.3 is 0 Å². The van der Waals surface area contributed by atoms with E-state index in [2.05, 4.69) is 20.8 Å². The van der Waals surface area contributed by atoms with E-state index in [4.69, 9.17) is 4.74 Å². The molecule has 0 N–H and O–H groups in total. The summed E-state index contributed by atoms with van der Waals surface area (Å²) in [6.45, 7) is 6.41. The van der Waals surface area contributed by atoms with Gasteiger partial charge in [0.05, 0.1) is 0 Å². The van der Waals surface area contributed by atoms with Crippen molar-refractivity contribution in [3.63, 3.8) is 0 Å². The molecular weight excluding hydrogens is 299 g/mol. The van der Waals surface area contributed by atoms with Gasteiger partial charge in [-0.1, -0.05) is 0 Å². The first-order valence-corrected chi connectivity index (χ1v) is 12.9. The summed E-state index contributed by atoms with van der Waals surface area (Å²) < 4.78 is 9.10. The molecule has 0 aliphatic heterocycles. The van der Waals surface area contributed by atoms with Crippen molar-refractivity contribution in [3.05, 3.63) is 20.4 Å². The van der Waals surface area contributed by atoms with E-state index >= 15 is 0 Å². The fraction of sp³-hybridized carbons (Fsp3) is 0.636. The molecule has 0 radical (unpaired) electrons. The van der Waals surface area contributed by atoms with Crippen LogP contribution in [0.2, 0.25) is 13.3 Å². The number of hydrogen-bond acceptors (Lipinski definition) is 3. The number of ether oxygens (including phenoxy) is 1. The minimum atomic E-state index is -2.54. The second kappa shape index (κ2) is 4.68. The Morgan fingerprint density at radius 1 is 1.00 bits per heavy atom. The van der Waals surface area contributed by atoms with Crippen LogP contribution in [0.25, 0.3) is 0 Å². The Bertz CT molecular complexity index is 403.